The van der Waals surface area contributed by atoms with Crippen LogP contribution < -0.4 is 5.32 Å². The Morgan fingerprint density at radius 1 is 0.923 bits per heavy atom. The average Bonchev–Trinajstić information content (AvgIpc) is 3.48. The van der Waals surface area contributed by atoms with Crippen LogP contribution in [0.1, 0.15) is 55.5 Å². The molecule has 39 heavy (non-hydrogen) atoms. The summed E-state index contributed by atoms with van der Waals surface area (Å²) in [5.41, 5.74) is 4.77. The van der Waals surface area contributed by atoms with Crippen molar-refractivity contribution >= 4 is 29.0 Å². The number of esters is 1. The summed E-state index contributed by atoms with van der Waals surface area (Å²) in [6.07, 6.45) is -0.834. The summed E-state index contributed by atoms with van der Waals surface area (Å²) in [5.74, 6) is -1.13. The molecule has 4 aromatic rings. The molecule has 0 aliphatic heterocycles. The molecule has 1 atom stereocenters. The normalized spacial score (nSPS) is 13.4. The van der Waals surface area contributed by atoms with Gasteiger partial charge in [-0.25, -0.2) is 4.79 Å². The van der Waals surface area contributed by atoms with Gasteiger partial charge in [0, 0.05) is 12.3 Å². The molecular formula is C30H30N4O5. The van der Waals surface area contributed by atoms with Gasteiger partial charge in [-0.1, -0.05) is 65.9 Å². The van der Waals surface area contributed by atoms with Crippen molar-refractivity contribution in [2.24, 2.45) is 0 Å². The number of nitrogens with one attached hydrogen (secondary N) is 1. The van der Waals surface area contributed by atoms with Gasteiger partial charge in [0.05, 0.1) is 5.52 Å². The monoisotopic (exact) mass is 526 g/mol. The van der Waals surface area contributed by atoms with E-state index < -0.39 is 29.6 Å². The Bertz CT molecular complexity index is 1490. The summed E-state index contributed by atoms with van der Waals surface area (Å²) in [6, 6.07) is 22.0. The summed E-state index contributed by atoms with van der Waals surface area (Å²) in [7, 11) is 0. The van der Waals surface area contributed by atoms with E-state index in [2.05, 4.69) is 27.8 Å². The number of hydrogen-bond acceptors (Lipinski definition) is 7. The second kappa shape index (κ2) is 10.7. The quantitative estimate of drug-likeness (QED) is 0.333. The van der Waals surface area contributed by atoms with Gasteiger partial charge in [-0.05, 0) is 61.6 Å². The maximum Gasteiger partial charge on any atom is 0.407 e. The van der Waals surface area contributed by atoms with Crippen LogP contribution in [0.5, 0.6) is 0 Å². The molecule has 0 spiro atoms. The van der Waals surface area contributed by atoms with Crippen LogP contribution in [0.4, 0.5) is 4.79 Å². The van der Waals surface area contributed by atoms with Crippen LogP contribution in [0.25, 0.3) is 22.2 Å². The first kappa shape index (κ1) is 26.1. The minimum atomic E-state index is -1.08. The Labute approximate surface area is 226 Å². The molecule has 200 valence electrons. The van der Waals surface area contributed by atoms with Crippen molar-refractivity contribution in [3.8, 4) is 11.1 Å². The molecule has 1 aliphatic rings. The Kier molecular flexibility index (Phi) is 7.15. The van der Waals surface area contributed by atoms with Crippen LogP contribution >= 0.6 is 0 Å². The Morgan fingerprint density at radius 2 is 1.54 bits per heavy atom. The Hall–Kier alpha value is -4.53. The lowest BCUT2D eigenvalue weighted by Gasteiger charge is -2.21. The molecule has 0 bridgehead atoms. The molecule has 0 radical (unpaired) electrons. The minimum Gasteiger partial charge on any atom is -0.460 e. The molecular weight excluding hydrogens is 496 g/mol. The number of rotatable bonds is 7. The van der Waals surface area contributed by atoms with Gasteiger partial charge in [0.15, 0.2) is 0 Å². The number of carbonyl (C=O) groups excluding carboxylic acids is 3. The third-order valence-corrected chi connectivity index (χ3v) is 6.55. The number of hydrogen-bond donors (Lipinski definition) is 1. The first-order valence-corrected chi connectivity index (χ1v) is 12.9. The second-order valence-electron chi connectivity index (χ2n) is 10.5. The maximum absolute atomic E-state index is 13.5. The summed E-state index contributed by atoms with van der Waals surface area (Å²) >= 11 is 0. The average molecular weight is 527 g/mol. The minimum absolute atomic E-state index is 0.00608. The van der Waals surface area contributed by atoms with Crippen molar-refractivity contribution in [1.82, 2.24) is 20.3 Å². The van der Waals surface area contributed by atoms with Gasteiger partial charge in [0.2, 0.25) is 0 Å². The van der Waals surface area contributed by atoms with Gasteiger partial charge < -0.3 is 14.8 Å². The van der Waals surface area contributed by atoms with E-state index in [9.17, 15) is 14.4 Å². The molecule has 3 aromatic carbocycles. The van der Waals surface area contributed by atoms with Crippen LogP contribution in [-0.4, -0.2) is 51.2 Å². The summed E-state index contributed by atoms with van der Waals surface area (Å²) in [4.78, 5) is 38.9. The van der Waals surface area contributed by atoms with Crippen LogP contribution in [-0.2, 0) is 14.3 Å². The highest BCUT2D eigenvalue weighted by molar-refractivity contribution is 5.93. The highest BCUT2D eigenvalue weighted by atomic mass is 16.6. The summed E-state index contributed by atoms with van der Waals surface area (Å²) in [5, 5.41) is 10.7. The topological polar surface area (TPSA) is 112 Å². The second-order valence-corrected chi connectivity index (χ2v) is 10.5. The summed E-state index contributed by atoms with van der Waals surface area (Å²) < 4.78 is 12.2. The van der Waals surface area contributed by atoms with E-state index in [0.717, 1.165) is 26.9 Å². The van der Waals surface area contributed by atoms with Crippen molar-refractivity contribution in [1.29, 1.82) is 0 Å². The highest BCUT2D eigenvalue weighted by Crippen LogP contribution is 2.44. The number of amides is 1. The fourth-order valence-corrected chi connectivity index (χ4v) is 4.87. The third-order valence-electron chi connectivity index (χ3n) is 6.55. The molecule has 1 amide bonds. The molecule has 9 nitrogen and oxygen atoms in total. The van der Waals surface area contributed by atoms with E-state index in [1.165, 1.54) is 0 Å². The van der Waals surface area contributed by atoms with E-state index >= 15 is 0 Å². The van der Waals surface area contributed by atoms with Gasteiger partial charge >= 0.3 is 12.1 Å². The first-order chi connectivity index (χ1) is 18.7. The number of para-hydroxylation sites is 1. The Morgan fingerprint density at radius 3 is 2.21 bits per heavy atom. The molecule has 0 unspecified atom stereocenters. The fraction of sp³-hybridized carbons (Fsp3) is 0.300. The van der Waals surface area contributed by atoms with Crippen LogP contribution in [0.3, 0.4) is 0 Å². The van der Waals surface area contributed by atoms with E-state index in [1.807, 2.05) is 36.4 Å². The molecule has 0 saturated heterocycles. The van der Waals surface area contributed by atoms with E-state index in [4.69, 9.17) is 9.47 Å². The summed E-state index contributed by atoms with van der Waals surface area (Å²) in [6.45, 7) is 5.40. The number of benzene rings is 3. The number of carbonyl (C=O) groups is 3. The SMILES string of the molecule is CC(C)(C)OC(=O)CC[C@H](NC(=O)OCC1c2ccccc2-c2ccccc21)C(=O)n1nnc2ccccc21. The van der Waals surface area contributed by atoms with Crippen molar-refractivity contribution in [2.75, 3.05) is 6.61 Å². The standard InChI is InChI=1S/C30H30N4O5/c1-30(2,3)39-27(35)17-16-25(28(36)34-26-15-9-8-14-24(26)32-33-34)31-29(37)38-18-23-21-12-6-4-10-19(21)20-11-5-7-13-22(20)23/h4-15,23,25H,16-18H2,1-3H3,(H,31,37)/t25-/m0/s1. The lowest BCUT2D eigenvalue weighted by Crippen LogP contribution is -2.44. The first-order valence-electron chi connectivity index (χ1n) is 12.9. The van der Waals surface area contributed by atoms with E-state index in [0.29, 0.717) is 11.0 Å². The number of alkyl carbamates (subject to hydrolysis) is 1. The number of fused-ring (bicyclic) bond motifs is 4. The van der Waals surface area contributed by atoms with Gasteiger partial charge in [-0.2, -0.15) is 4.68 Å². The van der Waals surface area contributed by atoms with Crippen LogP contribution in [0.15, 0.2) is 72.8 Å². The largest absolute Gasteiger partial charge is 0.460 e. The predicted molar refractivity (Wildman–Crippen MR) is 145 cm³/mol. The lowest BCUT2D eigenvalue weighted by molar-refractivity contribution is -0.155. The molecule has 0 fully saturated rings. The van der Waals surface area contributed by atoms with Crippen molar-refractivity contribution in [3.63, 3.8) is 0 Å². The Balaban J connectivity index is 1.31. The fourth-order valence-electron chi connectivity index (χ4n) is 4.87. The smallest absolute Gasteiger partial charge is 0.407 e. The van der Waals surface area contributed by atoms with Gasteiger partial charge in [-0.15, -0.1) is 5.10 Å². The number of ether oxygens (including phenoxy) is 2. The third kappa shape index (κ3) is 5.67. The number of nitrogens with zero attached hydrogens (tertiary/aromatic N) is 3. The van der Waals surface area contributed by atoms with Crippen LogP contribution in [0.2, 0.25) is 0 Å². The zero-order valence-electron chi connectivity index (χ0n) is 22.1. The van der Waals surface area contributed by atoms with Crippen molar-refractivity contribution in [3.05, 3.63) is 83.9 Å². The van der Waals surface area contributed by atoms with Gasteiger partial charge in [0.1, 0.15) is 23.8 Å². The molecule has 1 aromatic heterocycles. The van der Waals surface area contributed by atoms with E-state index in [-0.39, 0.29) is 25.4 Å². The number of aromatic nitrogens is 3. The molecule has 5 rings (SSSR count). The lowest BCUT2D eigenvalue weighted by atomic mass is 9.98. The van der Waals surface area contributed by atoms with Crippen molar-refractivity contribution < 1.29 is 23.9 Å². The molecule has 1 heterocycles. The van der Waals surface area contributed by atoms with Gasteiger partial charge in [-0.3, -0.25) is 9.59 Å². The molecule has 0 saturated carbocycles. The predicted octanol–water partition coefficient (Wildman–Crippen LogP) is 5.10. The zero-order valence-corrected chi connectivity index (χ0v) is 22.1. The van der Waals surface area contributed by atoms with Crippen molar-refractivity contribution in [2.45, 2.75) is 51.2 Å². The van der Waals surface area contributed by atoms with E-state index in [1.54, 1.807) is 45.0 Å². The zero-order chi connectivity index (χ0) is 27.6. The highest BCUT2D eigenvalue weighted by Gasteiger charge is 2.31. The molecule has 9 heteroatoms. The molecule has 1 aliphatic carbocycles. The maximum atomic E-state index is 13.5. The van der Waals surface area contributed by atoms with Crippen LogP contribution in [0, 0.1) is 0 Å². The molecule has 1 N–H and O–H groups in total. The van der Waals surface area contributed by atoms with Gasteiger partial charge in [0.25, 0.3) is 5.91 Å².